The Balaban J connectivity index is 1.95. The molecule has 34 heavy (non-hydrogen) atoms. The molecule has 3 aromatic rings. The average molecular weight is 502 g/mol. The fourth-order valence-corrected chi connectivity index (χ4v) is 4.08. The Morgan fingerprint density at radius 2 is 1.29 bits per heavy atom. The van der Waals surface area contributed by atoms with Crippen molar-refractivity contribution in [2.45, 2.75) is 53.0 Å². The van der Waals surface area contributed by atoms with Crippen LogP contribution < -0.4 is 14.4 Å². The summed E-state index contributed by atoms with van der Waals surface area (Å²) < 4.78 is 11.5. The van der Waals surface area contributed by atoms with Gasteiger partial charge in [-0.2, -0.15) is 0 Å². The maximum Gasteiger partial charge on any atom is 0.337 e. The zero-order chi connectivity index (χ0) is 24.8. The molecule has 0 unspecified atom stereocenters. The molecule has 0 amide bonds. The van der Waals surface area contributed by atoms with Gasteiger partial charge in [0.25, 0.3) is 0 Å². The van der Waals surface area contributed by atoms with Crippen molar-refractivity contribution in [2.24, 2.45) is 0 Å². The molecule has 3 aromatic carbocycles. The normalized spacial score (nSPS) is 11.1. The lowest BCUT2D eigenvalue weighted by molar-refractivity contribution is 0.0697. The number of hydrogen-bond donors (Lipinski definition) is 1. The van der Waals surface area contributed by atoms with E-state index in [9.17, 15) is 9.90 Å². The molecule has 0 aliphatic heterocycles. The van der Waals surface area contributed by atoms with Crippen molar-refractivity contribution in [1.29, 1.82) is 0 Å². The summed E-state index contributed by atoms with van der Waals surface area (Å²) in [6, 6.07) is 18.2. The van der Waals surface area contributed by atoms with Gasteiger partial charge in [0.1, 0.15) is 11.5 Å². The zero-order valence-corrected chi connectivity index (χ0v) is 21.2. The van der Waals surface area contributed by atoms with Crippen LogP contribution >= 0.6 is 23.2 Å². The molecule has 0 atom stereocenters. The summed E-state index contributed by atoms with van der Waals surface area (Å²) in [4.78, 5) is 13.9. The molecule has 5 nitrogen and oxygen atoms in total. The van der Waals surface area contributed by atoms with Crippen molar-refractivity contribution in [2.75, 3.05) is 4.90 Å². The van der Waals surface area contributed by atoms with Crippen molar-refractivity contribution < 1.29 is 19.4 Å². The van der Waals surface area contributed by atoms with Crippen LogP contribution in [0.1, 0.15) is 49.2 Å². The van der Waals surface area contributed by atoms with E-state index in [0.29, 0.717) is 40.3 Å². The van der Waals surface area contributed by atoms with Gasteiger partial charge in [0.15, 0.2) is 0 Å². The van der Waals surface area contributed by atoms with Gasteiger partial charge in [0.2, 0.25) is 0 Å². The number of benzene rings is 3. The number of aromatic carboxylic acids is 1. The summed E-state index contributed by atoms with van der Waals surface area (Å²) >= 11 is 12.9. The molecule has 1 N–H and O–H groups in total. The Morgan fingerprint density at radius 3 is 1.71 bits per heavy atom. The largest absolute Gasteiger partial charge is 0.489 e. The third-order valence-electron chi connectivity index (χ3n) is 4.94. The van der Waals surface area contributed by atoms with Crippen LogP contribution in [0.5, 0.6) is 11.5 Å². The Hall–Kier alpha value is -2.89. The highest BCUT2D eigenvalue weighted by Crippen LogP contribution is 2.31. The highest BCUT2D eigenvalue weighted by molar-refractivity contribution is 6.32. The van der Waals surface area contributed by atoms with Crippen LogP contribution in [0.15, 0.2) is 60.7 Å². The van der Waals surface area contributed by atoms with Crippen molar-refractivity contribution in [3.8, 4) is 11.5 Å². The lowest BCUT2D eigenvalue weighted by atomic mass is 10.1. The summed E-state index contributed by atoms with van der Waals surface area (Å²) in [7, 11) is 0. The van der Waals surface area contributed by atoms with E-state index in [1.807, 2.05) is 75.1 Å². The molecular formula is C27H29Cl2NO4. The highest BCUT2D eigenvalue weighted by Gasteiger charge is 2.18. The fraction of sp³-hybridized carbons (Fsp3) is 0.296. The molecule has 0 bridgehead atoms. The quantitative estimate of drug-likeness (QED) is 0.312. The summed E-state index contributed by atoms with van der Waals surface area (Å²) in [5, 5.41) is 10.8. The van der Waals surface area contributed by atoms with Crippen LogP contribution in [-0.2, 0) is 13.1 Å². The molecule has 0 aliphatic carbocycles. The number of carboxylic acids is 1. The fourth-order valence-electron chi connectivity index (χ4n) is 3.58. The number of carboxylic acid groups (broad SMARTS) is 1. The summed E-state index contributed by atoms with van der Waals surface area (Å²) in [6.45, 7) is 8.64. The Bertz CT molecular complexity index is 1090. The second-order valence-electron chi connectivity index (χ2n) is 8.54. The lowest BCUT2D eigenvalue weighted by Crippen LogP contribution is -2.24. The van der Waals surface area contributed by atoms with Crippen LogP contribution in [0.25, 0.3) is 0 Å². The van der Waals surface area contributed by atoms with Gasteiger partial charge in [-0.1, -0.05) is 47.5 Å². The summed E-state index contributed by atoms with van der Waals surface area (Å²) in [6.07, 6.45) is 0.0179. The Labute approximate surface area is 210 Å². The van der Waals surface area contributed by atoms with Gasteiger partial charge in [-0.15, -0.1) is 0 Å². The summed E-state index contributed by atoms with van der Waals surface area (Å²) in [5.41, 5.74) is 2.67. The molecule has 0 spiro atoms. The minimum Gasteiger partial charge on any atom is -0.489 e. The van der Waals surface area contributed by atoms with Gasteiger partial charge < -0.3 is 19.5 Å². The van der Waals surface area contributed by atoms with E-state index in [4.69, 9.17) is 32.7 Å². The van der Waals surface area contributed by atoms with Crippen LogP contribution in [0.2, 0.25) is 10.0 Å². The first-order valence-electron chi connectivity index (χ1n) is 11.1. The number of hydrogen-bond acceptors (Lipinski definition) is 4. The van der Waals surface area contributed by atoms with Crippen molar-refractivity contribution in [3.05, 3.63) is 87.4 Å². The number of nitrogens with zero attached hydrogens (tertiary/aromatic N) is 1. The molecule has 7 heteroatoms. The molecule has 0 saturated carbocycles. The molecule has 0 aliphatic rings. The molecule has 0 aromatic heterocycles. The Morgan fingerprint density at radius 1 is 0.824 bits per heavy atom. The first kappa shape index (κ1) is 25.7. The monoisotopic (exact) mass is 501 g/mol. The van der Waals surface area contributed by atoms with Gasteiger partial charge in [-0.25, -0.2) is 4.79 Å². The van der Waals surface area contributed by atoms with E-state index < -0.39 is 5.97 Å². The standard InChI is InChI=1S/C27H29Cl2NO4/c1-17(2)33-25-11-9-19(13-22(25)28)15-30(24-8-6-5-7-21(24)27(31)32)16-20-10-12-26(23(29)14-20)34-18(3)4/h5-14,17-18H,15-16H2,1-4H3,(H,31,32). The maximum absolute atomic E-state index is 11.9. The van der Waals surface area contributed by atoms with Crippen LogP contribution in [0.4, 0.5) is 5.69 Å². The third kappa shape index (κ3) is 6.81. The number of rotatable bonds is 10. The highest BCUT2D eigenvalue weighted by atomic mass is 35.5. The first-order chi connectivity index (χ1) is 16.1. The maximum atomic E-state index is 11.9. The van der Waals surface area contributed by atoms with Gasteiger partial charge >= 0.3 is 5.97 Å². The van der Waals surface area contributed by atoms with Gasteiger partial charge in [0.05, 0.1) is 33.5 Å². The van der Waals surface area contributed by atoms with E-state index in [2.05, 4.69) is 0 Å². The van der Waals surface area contributed by atoms with Crippen LogP contribution in [-0.4, -0.2) is 23.3 Å². The van der Waals surface area contributed by atoms with Crippen molar-refractivity contribution >= 4 is 34.9 Å². The van der Waals surface area contributed by atoms with E-state index >= 15 is 0 Å². The third-order valence-corrected chi connectivity index (χ3v) is 5.53. The molecule has 0 saturated heterocycles. The lowest BCUT2D eigenvalue weighted by Gasteiger charge is -2.27. The predicted octanol–water partition coefficient (Wildman–Crippen LogP) is 7.47. The van der Waals surface area contributed by atoms with Gasteiger partial charge in [-0.3, -0.25) is 0 Å². The molecular weight excluding hydrogens is 473 g/mol. The van der Waals surface area contributed by atoms with Crippen molar-refractivity contribution in [3.63, 3.8) is 0 Å². The van der Waals surface area contributed by atoms with Gasteiger partial charge in [-0.05, 0) is 75.2 Å². The van der Waals surface area contributed by atoms with Crippen LogP contribution in [0.3, 0.4) is 0 Å². The molecule has 0 heterocycles. The molecule has 3 rings (SSSR count). The number of halogens is 2. The summed E-state index contributed by atoms with van der Waals surface area (Å²) in [5.74, 6) is 0.244. The number of para-hydroxylation sites is 1. The van der Waals surface area contributed by atoms with E-state index in [0.717, 1.165) is 11.1 Å². The topological polar surface area (TPSA) is 59.0 Å². The second kappa shape index (κ2) is 11.5. The first-order valence-corrected chi connectivity index (χ1v) is 11.9. The second-order valence-corrected chi connectivity index (χ2v) is 9.36. The minimum atomic E-state index is -0.988. The molecule has 180 valence electrons. The SMILES string of the molecule is CC(C)Oc1ccc(CN(Cc2ccc(OC(C)C)c(Cl)c2)c2ccccc2C(=O)O)cc1Cl. The predicted molar refractivity (Wildman–Crippen MR) is 138 cm³/mol. The number of anilines is 1. The molecule has 0 radical (unpaired) electrons. The van der Waals surface area contributed by atoms with Crippen molar-refractivity contribution in [1.82, 2.24) is 0 Å². The van der Waals surface area contributed by atoms with E-state index in [1.54, 1.807) is 18.2 Å². The number of ether oxygens (including phenoxy) is 2. The number of carbonyl (C=O) groups is 1. The zero-order valence-electron chi connectivity index (χ0n) is 19.7. The van der Waals surface area contributed by atoms with E-state index in [1.165, 1.54) is 0 Å². The average Bonchev–Trinajstić information content (AvgIpc) is 2.76. The smallest absolute Gasteiger partial charge is 0.337 e. The Kier molecular flexibility index (Phi) is 8.70. The van der Waals surface area contributed by atoms with Crippen LogP contribution in [0, 0.1) is 0 Å². The van der Waals surface area contributed by atoms with Gasteiger partial charge in [0, 0.05) is 13.1 Å². The van der Waals surface area contributed by atoms with E-state index in [-0.39, 0.29) is 17.8 Å². The molecule has 0 fully saturated rings. The minimum absolute atomic E-state index is 0.00897.